The van der Waals surface area contributed by atoms with E-state index in [-0.39, 0.29) is 19.3 Å². The van der Waals surface area contributed by atoms with E-state index in [0.29, 0.717) is 31.6 Å². The second kappa shape index (κ2) is 14.6. The molecular formula is C34H38N8O4S2. The molecule has 0 unspecified atom stereocenters. The number of carbonyl (C=O) groups is 4. The van der Waals surface area contributed by atoms with E-state index in [1.807, 2.05) is 54.6 Å². The average Bonchev–Trinajstić information content (AvgIpc) is 3.84. The average molecular weight is 687 g/mol. The van der Waals surface area contributed by atoms with Gasteiger partial charge in [0.15, 0.2) is 0 Å². The smallest absolute Gasteiger partial charge is 0.243 e. The van der Waals surface area contributed by atoms with Crippen molar-refractivity contribution in [3.8, 4) is 0 Å². The summed E-state index contributed by atoms with van der Waals surface area (Å²) in [5, 5.41) is 15.5. The summed E-state index contributed by atoms with van der Waals surface area (Å²) in [6.45, 7) is 1.18. The van der Waals surface area contributed by atoms with Crippen molar-refractivity contribution in [2.24, 2.45) is 11.5 Å². The zero-order chi connectivity index (χ0) is 33.7. The molecule has 0 aliphatic carbocycles. The van der Waals surface area contributed by atoms with Crippen LogP contribution in [-0.2, 0) is 38.4 Å². The van der Waals surface area contributed by atoms with Crippen LogP contribution in [0.3, 0.4) is 0 Å². The molecule has 1 aliphatic heterocycles. The lowest BCUT2D eigenvalue weighted by atomic mass is 9.88. The van der Waals surface area contributed by atoms with Gasteiger partial charge < -0.3 is 37.7 Å². The Morgan fingerprint density at radius 1 is 0.896 bits per heavy atom. The number of nitrogens with one attached hydrogen (secondary N) is 5. The van der Waals surface area contributed by atoms with Gasteiger partial charge in [-0.05, 0) is 55.1 Å². The summed E-state index contributed by atoms with van der Waals surface area (Å²) in [5.74, 6) is -2.28. The molecule has 4 heterocycles. The third-order valence-corrected chi connectivity index (χ3v) is 10.5. The van der Waals surface area contributed by atoms with Crippen LogP contribution in [0.2, 0.25) is 0 Å². The van der Waals surface area contributed by atoms with Crippen molar-refractivity contribution in [1.82, 2.24) is 31.2 Å². The Hall–Kier alpha value is -4.63. The van der Waals surface area contributed by atoms with Crippen molar-refractivity contribution in [1.29, 1.82) is 0 Å². The summed E-state index contributed by atoms with van der Waals surface area (Å²) in [4.78, 5) is 62.5. The molecule has 3 atom stereocenters. The molecule has 0 radical (unpaired) electrons. The highest BCUT2D eigenvalue weighted by Gasteiger charge is 2.38. The van der Waals surface area contributed by atoms with Gasteiger partial charge in [0.2, 0.25) is 23.6 Å². The maximum Gasteiger partial charge on any atom is 0.243 e. The van der Waals surface area contributed by atoms with E-state index in [1.165, 1.54) is 22.7 Å². The van der Waals surface area contributed by atoms with E-state index in [1.54, 1.807) is 17.1 Å². The van der Waals surface area contributed by atoms with Crippen LogP contribution >= 0.6 is 22.7 Å². The number of hydrogen-bond donors (Lipinski definition) is 7. The number of fused-ring (bicyclic) bond motifs is 2. The number of hydrogen-bond acceptors (Lipinski definition) is 9. The quantitative estimate of drug-likeness (QED) is 0.0982. The standard InChI is InChI=1S/C34H38N8O4S2/c35-30(43)26(15-22-18-47-19-39-22)40-31(44)27(14-21-17-38-25-7-3-2-6-24(21)25)41-32(45)28(42-33(46)34(36)9-11-37-12-10-34)16-23-13-20-5-1-4-8-29(20)48-23/h1-8,13,17-19,26-28,37-38H,9-12,14-16,36H2,(H2,35,43)(H,40,44)(H,41,45)(H,42,46)/t26-,27+,28+/m0/s1. The Kier molecular flexibility index (Phi) is 10.2. The summed E-state index contributed by atoms with van der Waals surface area (Å²) in [7, 11) is 0. The molecule has 250 valence electrons. The number of piperidine rings is 1. The summed E-state index contributed by atoms with van der Waals surface area (Å²) in [6.07, 6.45) is 3.06. The molecule has 0 saturated carbocycles. The number of nitrogens with zero attached hydrogens (tertiary/aromatic N) is 1. The van der Waals surface area contributed by atoms with Gasteiger partial charge in [0.05, 0.1) is 16.7 Å². The Bertz CT molecular complexity index is 1880. The largest absolute Gasteiger partial charge is 0.368 e. The predicted octanol–water partition coefficient (Wildman–Crippen LogP) is 1.89. The van der Waals surface area contributed by atoms with Gasteiger partial charge in [-0.2, -0.15) is 0 Å². The second-order valence-electron chi connectivity index (χ2n) is 12.2. The van der Waals surface area contributed by atoms with Gasteiger partial charge >= 0.3 is 0 Å². The minimum atomic E-state index is -1.13. The molecule has 4 amide bonds. The molecule has 6 rings (SSSR count). The number of aromatic amines is 1. The second-order valence-corrected chi connectivity index (χ2v) is 14.0. The summed E-state index contributed by atoms with van der Waals surface area (Å²) >= 11 is 2.90. The molecule has 3 aromatic heterocycles. The summed E-state index contributed by atoms with van der Waals surface area (Å²) < 4.78 is 1.06. The number of thiazole rings is 1. The molecule has 14 heteroatoms. The maximum atomic E-state index is 14.2. The van der Waals surface area contributed by atoms with Crippen LogP contribution in [-0.4, -0.2) is 70.4 Å². The van der Waals surface area contributed by atoms with Crippen LogP contribution in [0.15, 0.2) is 71.7 Å². The van der Waals surface area contributed by atoms with Crippen molar-refractivity contribution >= 4 is 67.3 Å². The fourth-order valence-electron chi connectivity index (χ4n) is 5.99. The highest BCUT2D eigenvalue weighted by molar-refractivity contribution is 7.19. The van der Waals surface area contributed by atoms with Gasteiger partial charge in [-0.15, -0.1) is 22.7 Å². The van der Waals surface area contributed by atoms with E-state index >= 15 is 0 Å². The van der Waals surface area contributed by atoms with E-state index < -0.39 is 47.3 Å². The number of benzene rings is 2. The Balaban J connectivity index is 1.28. The van der Waals surface area contributed by atoms with E-state index in [4.69, 9.17) is 11.5 Å². The molecule has 48 heavy (non-hydrogen) atoms. The molecule has 9 N–H and O–H groups in total. The molecule has 12 nitrogen and oxygen atoms in total. The number of thiophene rings is 1. The number of nitrogens with two attached hydrogens (primary N) is 2. The van der Waals surface area contributed by atoms with Crippen molar-refractivity contribution in [3.05, 3.63) is 87.8 Å². The first kappa shape index (κ1) is 33.3. The Labute approximate surface area is 285 Å². The molecule has 1 aliphatic rings. The minimum Gasteiger partial charge on any atom is -0.368 e. The highest BCUT2D eigenvalue weighted by Crippen LogP contribution is 2.27. The first-order valence-electron chi connectivity index (χ1n) is 15.8. The van der Waals surface area contributed by atoms with Gasteiger partial charge in [0.25, 0.3) is 0 Å². The Morgan fingerprint density at radius 2 is 1.60 bits per heavy atom. The molecular weight excluding hydrogens is 649 g/mol. The van der Waals surface area contributed by atoms with Gasteiger partial charge in [0, 0.05) is 51.3 Å². The van der Waals surface area contributed by atoms with Gasteiger partial charge in [-0.3, -0.25) is 19.2 Å². The number of para-hydroxylation sites is 1. The molecule has 1 fully saturated rings. The topological polar surface area (TPSA) is 197 Å². The van der Waals surface area contributed by atoms with Crippen LogP contribution in [0.4, 0.5) is 0 Å². The number of rotatable bonds is 13. The van der Waals surface area contributed by atoms with Crippen molar-refractivity contribution in [2.45, 2.75) is 55.8 Å². The fraction of sp³-hybridized carbons (Fsp3) is 0.324. The first-order valence-corrected chi connectivity index (χ1v) is 17.5. The number of aromatic nitrogens is 2. The van der Waals surface area contributed by atoms with Gasteiger partial charge in [-0.25, -0.2) is 4.98 Å². The predicted molar refractivity (Wildman–Crippen MR) is 187 cm³/mol. The number of amides is 4. The SMILES string of the molecule is NC(=O)[C@H](Cc1cscn1)NC(=O)[C@@H](Cc1c[nH]c2ccccc12)NC(=O)[C@@H](Cc1cc2ccccc2s1)NC(=O)C1(N)CCNCC1. The molecule has 0 spiro atoms. The summed E-state index contributed by atoms with van der Waals surface area (Å²) in [5.41, 5.74) is 15.0. The normalized spacial score (nSPS) is 16.2. The van der Waals surface area contributed by atoms with E-state index in [9.17, 15) is 19.2 Å². The minimum absolute atomic E-state index is 0.108. The van der Waals surface area contributed by atoms with Crippen LogP contribution in [0.1, 0.15) is 29.0 Å². The summed E-state index contributed by atoms with van der Waals surface area (Å²) in [6, 6.07) is 14.4. The van der Waals surface area contributed by atoms with Crippen LogP contribution in [0.5, 0.6) is 0 Å². The van der Waals surface area contributed by atoms with Crippen LogP contribution in [0, 0.1) is 0 Å². The highest BCUT2D eigenvalue weighted by atomic mass is 32.1. The molecule has 2 aromatic carbocycles. The van der Waals surface area contributed by atoms with Gasteiger partial charge in [-0.1, -0.05) is 36.4 Å². The monoisotopic (exact) mass is 686 g/mol. The van der Waals surface area contributed by atoms with E-state index in [0.717, 1.165) is 31.4 Å². The van der Waals surface area contributed by atoms with Crippen molar-refractivity contribution in [2.75, 3.05) is 13.1 Å². The lowest BCUT2D eigenvalue weighted by Gasteiger charge is -2.34. The van der Waals surface area contributed by atoms with Gasteiger partial charge in [0.1, 0.15) is 18.1 Å². The van der Waals surface area contributed by atoms with Crippen molar-refractivity contribution < 1.29 is 19.2 Å². The third kappa shape index (κ3) is 7.73. The maximum absolute atomic E-state index is 14.2. The Morgan fingerprint density at radius 3 is 2.33 bits per heavy atom. The molecule has 5 aromatic rings. The number of carbonyl (C=O) groups excluding carboxylic acids is 4. The first-order chi connectivity index (χ1) is 23.2. The van der Waals surface area contributed by atoms with Crippen LogP contribution in [0.25, 0.3) is 21.0 Å². The molecule has 0 bridgehead atoms. The zero-order valence-corrected chi connectivity index (χ0v) is 27.8. The number of H-pyrrole nitrogens is 1. The van der Waals surface area contributed by atoms with E-state index in [2.05, 4.69) is 31.2 Å². The van der Waals surface area contributed by atoms with Crippen molar-refractivity contribution in [3.63, 3.8) is 0 Å². The number of primary amides is 1. The lowest BCUT2D eigenvalue weighted by Crippen LogP contribution is -2.63. The third-order valence-electron chi connectivity index (χ3n) is 8.74. The van der Waals surface area contributed by atoms with Crippen LogP contribution < -0.4 is 32.7 Å². The zero-order valence-electron chi connectivity index (χ0n) is 26.2. The fourth-order valence-corrected chi connectivity index (χ4v) is 7.68. The molecule has 1 saturated heterocycles. The lowest BCUT2D eigenvalue weighted by molar-refractivity contribution is -0.134.